The molecule has 0 saturated heterocycles. The number of carbonyl (C=O) groups excluding carboxylic acids is 3. The van der Waals surface area contributed by atoms with Gasteiger partial charge in [0.2, 0.25) is 0 Å². The van der Waals surface area contributed by atoms with Gasteiger partial charge in [-0.05, 0) is 35.7 Å². The smallest absolute Gasteiger partial charge is 0.340 e. The molecule has 1 N–H and O–H groups in total. The van der Waals surface area contributed by atoms with Crippen LogP contribution in [0.5, 0.6) is 0 Å². The highest BCUT2D eigenvalue weighted by Crippen LogP contribution is 2.25. The predicted octanol–water partition coefficient (Wildman–Crippen LogP) is 4.24. The number of fused-ring (bicyclic) bond motifs is 1. The molecule has 0 aliphatic carbocycles. The second-order valence-corrected chi connectivity index (χ2v) is 8.24. The van der Waals surface area contributed by atoms with Gasteiger partial charge < -0.3 is 15.0 Å². The number of hydrogen-bond acceptors (Lipinski definition) is 6. The van der Waals surface area contributed by atoms with Crippen LogP contribution in [0.1, 0.15) is 31.8 Å². The molecule has 3 aromatic carbocycles. The van der Waals surface area contributed by atoms with Gasteiger partial charge in [-0.1, -0.05) is 48.0 Å². The first kappa shape index (κ1) is 23.9. The Balaban J connectivity index is 1.40. The van der Waals surface area contributed by atoms with Crippen LogP contribution in [0.3, 0.4) is 0 Å². The minimum absolute atomic E-state index is 0.000921. The third-order valence-electron chi connectivity index (χ3n) is 5.61. The van der Waals surface area contributed by atoms with Gasteiger partial charge in [0.1, 0.15) is 0 Å². The Hall–Kier alpha value is -4.24. The van der Waals surface area contributed by atoms with Gasteiger partial charge in [0.15, 0.2) is 6.61 Å². The van der Waals surface area contributed by atoms with Crippen LogP contribution in [-0.2, 0) is 22.5 Å². The molecule has 0 aromatic heterocycles. The normalized spacial score (nSPS) is 12.4. The molecule has 3 aromatic rings. The molecule has 0 fully saturated rings. The van der Waals surface area contributed by atoms with Gasteiger partial charge in [0.05, 0.1) is 26.8 Å². The number of nitrogens with one attached hydrogen (secondary N) is 1. The first-order valence-corrected chi connectivity index (χ1v) is 11.1. The highest BCUT2D eigenvalue weighted by atomic mass is 35.5. The Morgan fingerprint density at radius 1 is 1.00 bits per heavy atom. The van der Waals surface area contributed by atoms with Crippen molar-refractivity contribution in [3.8, 4) is 0 Å². The topological polar surface area (TPSA) is 119 Å². The van der Waals surface area contributed by atoms with E-state index in [-0.39, 0.29) is 33.4 Å². The van der Waals surface area contributed by atoms with E-state index in [2.05, 4.69) is 5.32 Å². The number of benzene rings is 3. The van der Waals surface area contributed by atoms with Crippen LogP contribution >= 0.6 is 11.6 Å². The lowest BCUT2D eigenvalue weighted by Crippen LogP contribution is -2.38. The summed E-state index contributed by atoms with van der Waals surface area (Å²) in [7, 11) is 0. The zero-order chi connectivity index (χ0) is 24.9. The number of hydrogen-bond donors (Lipinski definition) is 1. The summed E-state index contributed by atoms with van der Waals surface area (Å²) in [5.41, 5.74) is 2.22. The Morgan fingerprint density at radius 2 is 1.71 bits per heavy atom. The standard InChI is InChI=1S/C25H20ClN3O6/c26-21-13-18(29(33)34)9-10-19(21)24(31)27-22-8-4-3-7-20(22)25(32)35-15-23(30)28-12-11-16-5-1-2-6-17(16)14-28/h1-10,13H,11-12,14-15H2,(H,27,31). The van der Waals surface area contributed by atoms with Crippen LogP contribution in [0.4, 0.5) is 11.4 Å². The van der Waals surface area contributed by atoms with Crippen molar-refractivity contribution >= 4 is 40.8 Å². The van der Waals surface area contributed by atoms with E-state index in [1.165, 1.54) is 23.8 Å². The predicted molar refractivity (Wildman–Crippen MR) is 128 cm³/mol. The number of nitro benzene ring substituents is 1. The number of rotatable bonds is 6. The van der Waals surface area contributed by atoms with Crippen molar-refractivity contribution in [3.63, 3.8) is 0 Å². The van der Waals surface area contributed by atoms with E-state index in [0.29, 0.717) is 13.1 Å². The van der Waals surface area contributed by atoms with Gasteiger partial charge in [-0.25, -0.2) is 4.79 Å². The average molecular weight is 494 g/mol. The van der Waals surface area contributed by atoms with E-state index >= 15 is 0 Å². The molecule has 0 unspecified atom stereocenters. The number of esters is 1. The maximum Gasteiger partial charge on any atom is 0.340 e. The van der Waals surface area contributed by atoms with Crippen molar-refractivity contribution in [1.29, 1.82) is 0 Å². The molecule has 0 bridgehead atoms. The first-order valence-electron chi connectivity index (χ1n) is 10.7. The summed E-state index contributed by atoms with van der Waals surface area (Å²) in [5, 5.41) is 13.3. The minimum Gasteiger partial charge on any atom is -0.452 e. The average Bonchev–Trinajstić information content (AvgIpc) is 2.86. The number of non-ortho nitro benzene ring substituents is 1. The fourth-order valence-electron chi connectivity index (χ4n) is 3.77. The molecule has 2 amide bonds. The van der Waals surface area contributed by atoms with Crippen molar-refractivity contribution < 1.29 is 24.0 Å². The molecule has 0 spiro atoms. The van der Waals surface area contributed by atoms with Gasteiger partial charge >= 0.3 is 5.97 Å². The molecule has 0 atom stereocenters. The number of carbonyl (C=O) groups is 3. The lowest BCUT2D eigenvalue weighted by Gasteiger charge is -2.28. The fraction of sp³-hybridized carbons (Fsp3) is 0.160. The van der Waals surface area contributed by atoms with E-state index in [1.54, 1.807) is 17.0 Å². The van der Waals surface area contributed by atoms with Crippen molar-refractivity contribution in [1.82, 2.24) is 4.90 Å². The van der Waals surface area contributed by atoms with Gasteiger partial charge in [0, 0.05) is 25.2 Å². The SMILES string of the molecule is O=C(Nc1ccccc1C(=O)OCC(=O)N1CCc2ccccc2C1)c1ccc([N+](=O)[O-])cc1Cl. The van der Waals surface area contributed by atoms with Crippen molar-refractivity contribution in [3.05, 3.63) is 104 Å². The third kappa shape index (κ3) is 5.47. The van der Waals surface area contributed by atoms with Crippen LogP contribution < -0.4 is 5.32 Å². The Kier molecular flexibility index (Phi) is 7.07. The van der Waals surface area contributed by atoms with Crippen molar-refractivity contribution in [2.45, 2.75) is 13.0 Å². The number of nitrogens with zero attached hydrogens (tertiary/aromatic N) is 2. The maximum atomic E-state index is 12.7. The number of nitro groups is 1. The van der Waals surface area contributed by atoms with E-state index < -0.39 is 23.4 Å². The largest absolute Gasteiger partial charge is 0.452 e. The maximum absolute atomic E-state index is 12.7. The third-order valence-corrected chi connectivity index (χ3v) is 5.93. The molecule has 35 heavy (non-hydrogen) atoms. The molecule has 1 heterocycles. The molecular formula is C25H20ClN3O6. The number of amides is 2. The zero-order valence-electron chi connectivity index (χ0n) is 18.4. The second kappa shape index (κ2) is 10.4. The molecule has 0 saturated carbocycles. The van der Waals surface area contributed by atoms with Crippen LogP contribution in [0.25, 0.3) is 0 Å². The van der Waals surface area contributed by atoms with E-state index in [1.807, 2.05) is 24.3 Å². The lowest BCUT2D eigenvalue weighted by atomic mass is 10.00. The van der Waals surface area contributed by atoms with Gasteiger partial charge in [-0.2, -0.15) is 0 Å². The molecule has 1 aliphatic rings. The van der Waals surface area contributed by atoms with Crippen LogP contribution in [0.15, 0.2) is 66.7 Å². The Bertz CT molecular complexity index is 1330. The van der Waals surface area contributed by atoms with Gasteiger partial charge in [-0.3, -0.25) is 19.7 Å². The first-order chi connectivity index (χ1) is 16.8. The summed E-state index contributed by atoms with van der Waals surface area (Å²) in [5.74, 6) is -1.75. The highest BCUT2D eigenvalue weighted by Gasteiger charge is 2.23. The van der Waals surface area contributed by atoms with Gasteiger partial charge in [0.25, 0.3) is 17.5 Å². The summed E-state index contributed by atoms with van der Waals surface area (Å²) in [6, 6.07) is 17.5. The minimum atomic E-state index is -0.776. The molecule has 178 valence electrons. The van der Waals surface area contributed by atoms with E-state index in [4.69, 9.17) is 16.3 Å². The summed E-state index contributed by atoms with van der Waals surface area (Å²) < 4.78 is 5.24. The number of anilines is 1. The Labute approximate surface area is 205 Å². The molecule has 9 nitrogen and oxygen atoms in total. The summed E-state index contributed by atoms with van der Waals surface area (Å²) in [6.07, 6.45) is 0.732. The zero-order valence-corrected chi connectivity index (χ0v) is 19.2. The highest BCUT2D eigenvalue weighted by molar-refractivity contribution is 6.34. The number of halogens is 1. The van der Waals surface area contributed by atoms with Crippen LogP contribution in [-0.4, -0.2) is 40.8 Å². The molecule has 0 radical (unpaired) electrons. The molecule has 1 aliphatic heterocycles. The molecule has 10 heteroatoms. The Morgan fingerprint density at radius 3 is 2.46 bits per heavy atom. The quantitative estimate of drug-likeness (QED) is 0.311. The number of para-hydroxylation sites is 1. The van der Waals surface area contributed by atoms with Crippen LogP contribution in [0.2, 0.25) is 5.02 Å². The van der Waals surface area contributed by atoms with Crippen LogP contribution in [0, 0.1) is 10.1 Å². The fourth-order valence-corrected chi connectivity index (χ4v) is 4.03. The summed E-state index contributed by atoms with van der Waals surface area (Å²) in [6.45, 7) is 0.558. The number of ether oxygens (including phenoxy) is 1. The molecular weight excluding hydrogens is 474 g/mol. The lowest BCUT2D eigenvalue weighted by molar-refractivity contribution is -0.384. The monoisotopic (exact) mass is 493 g/mol. The van der Waals surface area contributed by atoms with Crippen molar-refractivity contribution in [2.24, 2.45) is 0 Å². The van der Waals surface area contributed by atoms with E-state index in [0.717, 1.165) is 24.1 Å². The summed E-state index contributed by atoms with van der Waals surface area (Å²) >= 11 is 6.03. The summed E-state index contributed by atoms with van der Waals surface area (Å²) in [4.78, 5) is 49.9. The second-order valence-electron chi connectivity index (χ2n) is 7.83. The van der Waals surface area contributed by atoms with Crippen molar-refractivity contribution in [2.75, 3.05) is 18.5 Å². The van der Waals surface area contributed by atoms with E-state index in [9.17, 15) is 24.5 Å². The van der Waals surface area contributed by atoms with Gasteiger partial charge in [-0.15, -0.1) is 0 Å². The molecule has 4 rings (SSSR count).